The van der Waals surface area contributed by atoms with E-state index in [0.29, 0.717) is 10.9 Å². The monoisotopic (exact) mass is 194 g/mol. The van der Waals surface area contributed by atoms with E-state index in [4.69, 9.17) is 4.74 Å². The average molecular weight is 194 g/mol. The van der Waals surface area contributed by atoms with Gasteiger partial charge in [0, 0.05) is 6.92 Å². The normalized spacial score (nSPS) is 10.4. The summed E-state index contributed by atoms with van der Waals surface area (Å²) in [6.45, 7) is 1.28. The van der Waals surface area contributed by atoms with Crippen molar-refractivity contribution in [1.29, 1.82) is 0 Å². The maximum Gasteiger partial charge on any atom is 0.309 e. The van der Waals surface area contributed by atoms with Gasteiger partial charge in [0.1, 0.15) is 5.82 Å². The predicted molar refractivity (Wildman–Crippen MR) is 47.4 cm³/mol. The molecule has 14 heavy (non-hydrogen) atoms. The van der Waals surface area contributed by atoms with Crippen LogP contribution in [0.25, 0.3) is 10.9 Å². The highest BCUT2D eigenvalue weighted by Crippen LogP contribution is 2.22. The standard InChI is InChI=1S/C9H7FN2O2/c1-5(13)14-9-7-3-2-6(10)4-8(7)11-12-9/h2-4H,1H3,(H,11,12). The van der Waals surface area contributed by atoms with Crippen LogP contribution < -0.4 is 4.74 Å². The molecule has 0 saturated carbocycles. The molecule has 5 heteroatoms. The minimum absolute atomic E-state index is 0.174. The number of nitrogens with zero attached hydrogens (tertiary/aromatic N) is 1. The van der Waals surface area contributed by atoms with Gasteiger partial charge in [-0.2, -0.15) is 0 Å². The Bertz CT molecular complexity index is 493. The number of esters is 1. The van der Waals surface area contributed by atoms with E-state index in [1.54, 1.807) is 0 Å². The fourth-order valence-electron chi connectivity index (χ4n) is 1.18. The van der Waals surface area contributed by atoms with Gasteiger partial charge >= 0.3 is 5.97 Å². The van der Waals surface area contributed by atoms with Gasteiger partial charge in [0.15, 0.2) is 0 Å². The first-order chi connectivity index (χ1) is 6.66. The molecular weight excluding hydrogens is 187 g/mol. The van der Waals surface area contributed by atoms with E-state index in [-0.39, 0.29) is 11.7 Å². The first-order valence-electron chi connectivity index (χ1n) is 3.99. The Kier molecular flexibility index (Phi) is 1.92. The first-order valence-corrected chi connectivity index (χ1v) is 3.99. The molecule has 0 spiro atoms. The quantitative estimate of drug-likeness (QED) is 0.702. The Morgan fingerprint density at radius 3 is 3.07 bits per heavy atom. The second-order valence-corrected chi connectivity index (χ2v) is 2.81. The van der Waals surface area contributed by atoms with Crippen LogP contribution in [-0.2, 0) is 4.79 Å². The highest BCUT2D eigenvalue weighted by Gasteiger charge is 2.08. The minimum Gasteiger partial charge on any atom is -0.405 e. The van der Waals surface area contributed by atoms with E-state index in [1.165, 1.54) is 25.1 Å². The van der Waals surface area contributed by atoms with Gasteiger partial charge in [0.25, 0.3) is 0 Å². The molecule has 2 rings (SSSR count). The van der Waals surface area contributed by atoms with Crippen molar-refractivity contribution < 1.29 is 13.9 Å². The summed E-state index contributed by atoms with van der Waals surface area (Å²) < 4.78 is 17.6. The van der Waals surface area contributed by atoms with Crippen LogP contribution >= 0.6 is 0 Å². The van der Waals surface area contributed by atoms with Gasteiger partial charge in [-0.1, -0.05) is 0 Å². The zero-order chi connectivity index (χ0) is 10.1. The van der Waals surface area contributed by atoms with Gasteiger partial charge < -0.3 is 4.74 Å². The van der Waals surface area contributed by atoms with Crippen LogP contribution in [0.1, 0.15) is 6.92 Å². The Hall–Kier alpha value is -1.91. The molecule has 1 heterocycles. The molecule has 72 valence electrons. The molecular formula is C9H7FN2O2. The van der Waals surface area contributed by atoms with E-state index in [9.17, 15) is 9.18 Å². The fourth-order valence-corrected chi connectivity index (χ4v) is 1.18. The summed E-state index contributed by atoms with van der Waals surface area (Å²) in [5.74, 6) is -0.647. The lowest BCUT2D eigenvalue weighted by atomic mass is 10.2. The zero-order valence-electron chi connectivity index (χ0n) is 7.37. The van der Waals surface area contributed by atoms with Gasteiger partial charge in [-0.15, -0.1) is 5.10 Å². The number of carbonyl (C=O) groups excluding carboxylic acids is 1. The third kappa shape index (κ3) is 1.44. The molecule has 0 radical (unpaired) electrons. The van der Waals surface area contributed by atoms with Gasteiger partial charge in [-0.05, 0) is 18.2 Å². The molecule has 0 aliphatic carbocycles. The summed E-state index contributed by atoms with van der Waals surface area (Å²) in [6.07, 6.45) is 0. The molecule has 0 bridgehead atoms. The minimum atomic E-state index is -0.456. The van der Waals surface area contributed by atoms with E-state index < -0.39 is 5.97 Å². The molecule has 0 saturated heterocycles. The molecule has 4 nitrogen and oxygen atoms in total. The van der Waals surface area contributed by atoms with E-state index >= 15 is 0 Å². The van der Waals surface area contributed by atoms with Crippen molar-refractivity contribution in [1.82, 2.24) is 10.2 Å². The number of carbonyl (C=O) groups is 1. The zero-order valence-corrected chi connectivity index (χ0v) is 7.37. The lowest BCUT2D eigenvalue weighted by Gasteiger charge is -1.95. The number of ether oxygens (including phenoxy) is 1. The lowest BCUT2D eigenvalue weighted by molar-refractivity contribution is -0.132. The van der Waals surface area contributed by atoms with Crippen LogP contribution in [0.2, 0.25) is 0 Å². The Labute approximate surface area is 78.7 Å². The van der Waals surface area contributed by atoms with E-state index in [2.05, 4.69) is 10.2 Å². The van der Waals surface area contributed by atoms with Crippen LogP contribution in [0.15, 0.2) is 18.2 Å². The van der Waals surface area contributed by atoms with Gasteiger partial charge in [0.2, 0.25) is 5.88 Å². The lowest BCUT2D eigenvalue weighted by Crippen LogP contribution is -2.01. The number of hydrogen-bond donors (Lipinski definition) is 1. The second kappa shape index (κ2) is 3.10. The van der Waals surface area contributed by atoms with Gasteiger partial charge in [-0.25, -0.2) is 4.39 Å². The topological polar surface area (TPSA) is 55.0 Å². The number of H-pyrrole nitrogens is 1. The predicted octanol–water partition coefficient (Wildman–Crippen LogP) is 1.63. The number of nitrogens with one attached hydrogen (secondary N) is 1. The largest absolute Gasteiger partial charge is 0.405 e. The van der Waals surface area contributed by atoms with Crippen LogP contribution in [0.5, 0.6) is 5.88 Å². The third-order valence-electron chi connectivity index (χ3n) is 1.73. The number of aromatic amines is 1. The summed E-state index contributed by atoms with van der Waals surface area (Å²) in [4.78, 5) is 10.7. The number of aromatic nitrogens is 2. The smallest absolute Gasteiger partial charge is 0.309 e. The summed E-state index contributed by atoms with van der Waals surface area (Å²) in [5.41, 5.74) is 0.501. The van der Waals surface area contributed by atoms with Crippen molar-refractivity contribution >= 4 is 16.9 Å². The van der Waals surface area contributed by atoms with Crippen LogP contribution in [0.4, 0.5) is 4.39 Å². The summed E-state index contributed by atoms with van der Waals surface area (Å²) >= 11 is 0. The second-order valence-electron chi connectivity index (χ2n) is 2.81. The molecule has 1 aromatic carbocycles. The van der Waals surface area contributed by atoms with Crippen molar-refractivity contribution in [3.63, 3.8) is 0 Å². The van der Waals surface area contributed by atoms with E-state index in [1.807, 2.05) is 0 Å². The highest BCUT2D eigenvalue weighted by molar-refractivity contribution is 5.86. The maximum absolute atomic E-state index is 12.8. The molecule has 0 atom stereocenters. The average Bonchev–Trinajstić information content (AvgIpc) is 2.47. The Morgan fingerprint density at radius 2 is 2.36 bits per heavy atom. The highest BCUT2D eigenvalue weighted by atomic mass is 19.1. The van der Waals surface area contributed by atoms with Crippen LogP contribution in [0.3, 0.4) is 0 Å². The van der Waals surface area contributed by atoms with Crippen molar-refractivity contribution in [3.8, 4) is 5.88 Å². The summed E-state index contributed by atoms with van der Waals surface area (Å²) in [7, 11) is 0. The SMILES string of the molecule is CC(=O)Oc1n[nH]c2cc(F)ccc12. The van der Waals surface area contributed by atoms with Crippen LogP contribution in [-0.4, -0.2) is 16.2 Å². The number of fused-ring (bicyclic) bond motifs is 1. The van der Waals surface area contributed by atoms with Crippen molar-refractivity contribution in [2.45, 2.75) is 6.92 Å². The Balaban J connectivity index is 2.52. The molecule has 0 amide bonds. The molecule has 1 N–H and O–H groups in total. The Morgan fingerprint density at radius 1 is 1.57 bits per heavy atom. The summed E-state index contributed by atoms with van der Waals surface area (Å²) in [6, 6.07) is 4.08. The van der Waals surface area contributed by atoms with Crippen molar-refractivity contribution in [3.05, 3.63) is 24.0 Å². The van der Waals surface area contributed by atoms with Crippen molar-refractivity contribution in [2.24, 2.45) is 0 Å². The number of rotatable bonds is 1. The number of benzene rings is 1. The van der Waals surface area contributed by atoms with E-state index in [0.717, 1.165) is 0 Å². The maximum atomic E-state index is 12.8. The number of halogens is 1. The molecule has 2 aromatic rings. The fraction of sp³-hybridized carbons (Fsp3) is 0.111. The van der Waals surface area contributed by atoms with Gasteiger partial charge in [-0.3, -0.25) is 9.89 Å². The third-order valence-corrected chi connectivity index (χ3v) is 1.73. The molecule has 0 aliphatic rings. The summed E-state index contributed by atoms with van der Waals surface area (Å²) in [5, 5.41) is 6.89. The molecule has 0 unspecified atom stereocenters. The molecule has 0 aliphatic heterocycles. The van der Waals surface area contributed by atoms with Crippen molar-refractivity contribution in [2.75, 3.05) is 0 Å². The van der Waals surface area contributed by atoms with Gasteiger partial charge in [0.05, 0.1) is 10.9 Å². The van der Waals surface area contributed by atoms with Crippen LogP contribution in [0, 0.1) is 5.82 Å². The number of hydrogen-bond acceptors (Lipinski definition) is 3. The first kappa shape index (κ1) is 8.68. The molecule has 1 aromatic heterocycles. The molecule has 0 fully saturated rings.